The van der Waals surface area contributed by atoms with E-state index in [1.807, 2.05) is 18.2 Å². The van der Waals surface area contributed by atoms with E-state index in [0.29, 0.717) is 4.80 Å². The van der Waals surface area contributed by atoms with Gasteiger partial charge in [-0.15, -0.1) is 0 Å². The summed E-state index contributed by atoms with van der Waals surface area (Å²) < 4.78 is 12.3. The fourth-order valence-corrected chi connectivity index (χ4v) is 2.48. The van der Waals surface area contributed by atoms with Crippen LogP contribution in [0.2, 0.25) is 0 Å². The number of benzene rings is 1. The summed E-state index contributed by atoms with van der Waals surface area (Å²) in [5.74, 6) is 0.378. The molecule has 0 fully saturated rings. The minimum Gasteiger partial charge on any atom is -0.497 e. The van der Waals surface area contributed by atoms with Crippen molar-refractivity contribution < 1.29 is 14.3 Å². The van der Waals surface area contributed by atoms with Crippen molar-refractivity contribution in [1.29, 1.82) is 5.41 Å². The Bertz CT molecular complexity index is 615. The third-order valence-corrected chi connectivity index (χ3v) is 3.39. The van der Waals surface area contributed by atoms with Gasteiger partial charge in [-0.2, -0.15) is 0 Å². The van der Waals surface area contributed by atoms with Crippen LogP contribution < -0.4 is 9.54 Å². The molecule has 0 amide bonds. The third-order valence-electron chi connectivity index (χ3n) is 2.42. The second kappa shape index (κ2) is 4.58. The first-order valence-electron chi connectivity index (χ1n) is 4.94. The van der Waals surface area contributed by atoms with Crippen LogP contribution in [0, 0.1) is 5.41 Å². The van der Waals surface area contributed by atoms with Crippen LogP contribution in [0.5, 0.6) is 5.75 Å². The summed E-state index contributed by atoms with van der Waals surface area (Å²) >= 11 is 1.30. The van der Waals surface area contributed by atoms with E-state index < -0.39 is 0 Å². The van der Waals surface area contributed by atoms with Gasteiger partial charge < -0.3 is 14.0 Å². The topological polar surface area (TPSA) is 64.3 Å². The summed E-state index contributed by atoms with van der Waals surface area (Å²) in [7, 11) is 2.93. The molecule has 1 aromatic carbocycles. The second-order valence-corrected chi connectivity index (χ2v) is 4.43. The predicted octanol–water partition coefficient (Wildman–Crippen LogP) is 1.36. The number of ether oxygens (including phenoxy) is 2. The van der Waals surface area contributed by atoms with E-state index in [-0.39, 0.29) is 12.5 Å². The molecule has 0 bridgehead atoms. The molecule has 90 valence electrons. The summed E-state index contributed by atoms with van der Waals surface area (Å²) in [6, 6.07) is 5.50. The number of aromatic nitrogens is 1. The molecular formula is C11H12N2O3S. The maximum atomic E-state index is 11.3. The monoisotopic (exact) mass is 252 g/mol. The van der Waals surface area contributed by atoms with Gasteiger partial charge in [0.2, 0.25) is 0 Å². The number of carbonyl (C=O) groups is 1. The zero-order chi connectivity index (χ0) is 12.4. The van der Waals surface area contributed by atoms with Gasteiger partial charge >= 0.3 is 5.97 Å². The number of esters is 1. The SMILES string of the molecule is COC(=O)Cn1c(=N)sc2cc(OC)ccc21. The fraction of sp³-hybridized carbons (Fsp3) is 0.273. The Morgan fingerprint density at radius 1 is 1.47 bits per heavy atom. The van der Waals surface area contributed by atoms with Crippen LogP contribution in [0.25, 0.3) is 10.2 Å². The predicted molar refractivity (Wildman–Crippen MR) is 64.2 cm³/mol. The van der Waals surface area contributed by atoms with Crippen LogP contribution in [-0.4, -0.2) is 24.8 Å². The van der Waals surface area contributed by atoms with Crippen molar-refractivity contribution in [3.05, 3.63) is 23.0 Å². The molecule has 17 heavy (non-hydrogen) atoms. The first kappa shape index (κ1) is 11.7. The quantitative estimate of drug-likeness (QED) is 0.839. The normalized spacial score (nSPS) is 10.5. The highest BCUT2D eigenvalue weighted by Gasteiger charge is 2.10. The van der Waals surface area contributed by atoms with Gasteiger partial charge in [-0.1, -0.05) is 11.3 Å². The Hall–Kier alpha value is -1.82. The molecular weight excluding hydrogens is 240 g/mol. The molecule has 0 saturated carbocycles. The van der Waals surface area contributed by atoms with Crippen molar-refractivity contribution in [2.24, 2.45) is 0 Å². The van der Waals surface area contributed by atoms with Gasteiger partial charge in [0, 0.05) is 0 Å². The van der Waals surface area contributed by atoms with E-state index >= 15 is 0 Å². The highest BCUT2D eigenvalue weighted by molar-refractivity contribution is 7.16. The molecule has 0 saturated heterocycles. The zero-order valence-corrected chi connectivity index (χ0v) is 10.3. The van der Waals surface area contributed by atoms with Crippen molar-refractivity contribution in [2.45, 2.75) is 6.54 Å². The van der Waals surface area contributed by atoms with Crippen molar-refractivity contribution in [2.75, 3.05) is 14.2 Å². The zero-order valence-electron chi connectivity index (χ0n) is 9.52. The lowest BCUT2D eigenvalue weighted by molar-refractivity contribution is -0.141. The Kier molecular flexibility index (Phi) is 3.14. The number of carbonyl (C=O) groups excluding carboxylic acids is 1. The number of nitrogens with one attached hydrogen (secondary N) is 1. The van der Waals surface area contributed by atoms with Gasteiger partial charge in [-0.25, -0.2) is 0 Å². The fourth-order valence-electron chi connectivity index (χ4n) is 1.55. The van der Waals surface area contributed by atoms with E-state index in [1.54, 1.807) is 11.7 Å². The highest BCUT2D eigenvalue weighted by atomic mass is 32.1. The third kappa shape index (κ3) is 2.16. The summed E-state index contributed by atoms with van der Waals surface area (Å²) in [6.45, 7) is 0.0572. The van der Waals surface area contributed by atoms with Crippen LogP contribution in [0.4, 0.5) is 0 Å². The standard InChI is InChI=1S/C11H12N2O3S/c1-15-7-3-4-8-9(5-7)17-11(12)13(8)6-10(14)16-2/h3-5,12H,6H2,1-2H3. The maximum absolute atomic E-state index is 11.3. The average molecular weight is 252 g/mol. The Morgan fingerprint density at radius 3 is 2.88 bits per heavy atom. The molecule has 1 aromatic heterocycles. The first-order valence-corrected chi connectivity index (χ1v) is 5.76. The molecule has 6 heteroatoms. The van der Waals surface area contributed by atoms with Gasteiger partial charge in [-0.05, 0) is 18.2 Å². The number of rotatable bonds is 3. The minimum atomic E-state index is -0.362. The lowest BCUT2D eigenvalue weighted by Crippen LogP contribution is -2.20. The molecule has 1 N–H and O–H groups in total. The number of fused-ring (bicyclic) bond motifs is 1. The van der Waals surface area contributed by atoms with Gasteiger partial charge in [0.25, 0.3) is 0 Å². The van der Waals surface area contributed by atoms with Crippen molar-refractivity contribution in [1.82, 2.24) is 4.57 Å². The molecule has 0 radical (unpaired) electrons. The van der Waals surface area contributed by atoms with E-state index in [0.717, 1.165) is 16.0 Å². The second-order valence-electron chi connectivity index (χ2n) is 3.40. The number of methoxy groups -OCH3 is 2. The Balaban J connectivity index is 2.52. The van der Waals surface area contributed by atoms with Crippen molar-refractivity contribution >= 4 is 27.5 Å². The van der Waals surface area contributed by atoms with Gasteiger partial charge in [0.15, 0.2) is 4.80 Å². The average Bonchev–Trinajstić information content (AvgIpc) is 2.64. The van der Waals surface area contributed by atoms with E-state index in [1.165, 1.54) is 18.4 Å². The molecule has 1 heterocycles. The molecule has 2 rings (SSSR count). The minimum absolute atomic E-state index is 0.0572. The lowest BCUT2D eigenvalue weighted by atomic mass is 10.3. The summed E-state index contributed by atoms with van der Waals surface area (Å²) in [4.78, 5) is 11.6. The van der Waals surface area contributed by atoms with Crippen LogP contribution in [-0.2, 0) is 16.1 Å². The molecule has 2 aromatic rings. The van der Waals surface area contributed by atoms with Crippen LogP contribution in [0.1, 0.15) is 0 Å². The summed E-state index contributed by atoms with van der Waals surface area (Å²) in [5, 5.41) is 7.83. The molecule has 0 aliphatic heterocycles. The number of nitrogens with zero attached hydrogens (tertiary/aromatic N) is 1. The molecule has 0 unspecified atom stereocenters. The molecule has 0 spiro atoms. The van der Waals surface area contributed by atoms with Crippen molar-refractivity contribution in [3.8, 4) is 5.75 Å². The smallest absolute Gasteiger partial charge is 0.325 e. The lowest BCUT2D eigenvalue weighted by Gasteiger charge is -2.03. The number of hydrogen-bond donors (Lipinski definition) is 1. The van der Waals surface area contributed by atoms with Gasteiger partial charge in [0.05, 0.1) is 24.4 Å². The van der Waals surface area contributed by atoms with Crippen molar-refractivity contribution in [3.63, 3.8) is 0 Å². The van der Waals surface area contributed by atoms with Gasteiger partial charge in [-0.3, -0.25) is 10.2 Å². The van der Waals surface area contributed by atoms with Gasteiger partial charge in [0.1, 0.15) is 12.3 Å². The molecule has 5 nitrogen and oxygen atoms in total. The summed E-state index contributed by atoms with van der Waals surface area (Å²) in [5.41, 5.74) is 0.839. The highest BCUT2D eigenvalue weighted by Crippen LogP contribution is 2.22. The number of thiazole rings is 1. The van der Waals surface area contributed by atoms with Crippen LogP contribution >= 0.6 is 11.3 Å². The maximum Gasteiger partial charge on any atom is 0.325 e. The van der Waals surface area contributed by atoms with Crippen LogP contribution in [0.3, 0.4) is 0 Å². The molecule has 0 aliphatic carbocycles. The Morgan fingerprint density at radius 2 is 2.24 bits per heavy atom. The van der Waals surface area contributed by atoms with E-state index in [9.17, 15) is 4.79 Å². The largest absolute Gasteiger partial charge is 0.497 e. The Labute approximate surface area is 102 Å². The summed E-state index contributed by atoms with van der Waals surface area (Å²) in [6.07, 6.45) is 0. The van der Waals surface area contributed by atoms with E-state index in [2.05, 4.69) is 4.74 Å². The molecule has 0 atom stereocenters. The van der Waals surface area contributed by atoms with E-state index in [4.69, 9.17) is 10.1 Å². The molecule has 0 aliphatic rings. The first-order chi connectivity index (χ1) is 8.15. The van der Waals surface area contributed by atoms with Crippen LogP contribution in [0.15, 0.2) is 18.2 Å². The number of hydrogen-bond acceptors (Lipinski definition) is 5.